The molecule has 0 unspecified atom stereocenters. The van der Waals surface area contributed by atoms with E-state index in [4.69, 9.17) is 11.6 Å². The average Bonchev–Trinajstić information content (AvgIpc) is 2.74. The maximum absolute atomic E-state index is 12.9. The molecular weight excluding hydrogens is 405 g/mol. The maximum atomic E-state index is 12.9. The van der Waals surface area contributed by atoms with Crippen LogP contribution in [0.1, 0.15) is 5.56 Å². The Kier molecular flexibility index (Phi) is 5.72. The minimum atomic E-state index is -0.408. The van der Waals surface area contributed by atoms with Gasteiger partial charge in [-0.3, -0.25) is 0 Å². The highest BCUT2D eigenvalue weighted by Gasteiger charge is 2.07. The van der Waals surface area contributed by atoms with Crippen molar-refractivity contribution in [2.75, 3.05) is 16.0 Å². The van der Waals surface area contributed by atoms with Crippen LogP contribution in [0.4, 0.5) is 26.4 Å². The van der Waals surface area contributed by atoms with Crippen molar-refractivity contribution in [2.24, 2.45) is 0 Å². The highest BCUT2D eigenvalue weighted by molar-refractivity contribution is 6.28. The van der Waals surface area contributed by atoms with E-state index in [9.17, 15) is 9.18 Å². The zero-order valence-corrected chi connectivity index (χ0v) is 16.4. The van der Waals surface area contributed by atoms with Crippen LogP contribution in [-0.4, -0.2) is 16.0 Å². The van der Waals surface area contributed by atoms with E-state index in [-0.39, 0.29) is 11.1 Å². The summed E-state index contributed by atoms with van der Waals surface area (Å²) in [7, 11) is 0. The number of para-hydroxylation sites is 1. The summed E-state index contributed by atoms with van der Waals surface area (Å²) in [4.78, 5) is 20.6. The molecule has 3 N–H and O–H groups in total. The first kappa shape index (κ1) is 19.6. The van der Waals surface area contributed by atoms with Gasteiger partial charge in [-0.05, 0) is 65.7 Å². The van der Waals surface area contributed by atoms with E-state index >= 15 is 0 Å². The second-order valence-corrected chi connectivity index (χ2v) is 6.83. The van der Waals surface area contributed by atoms with E-state index in [0.717, 1.165) is 16.5 Å². The molecule has 0 radical (unpaired) electrons. The van der Waals surface area contributed by atoms with Crippen molar-refractivity contribution in [3.8, 4) is 0 Å². The lowest BCUT2D eigenvalue weighted by atomic mass is 10.2. The largest absolute Gasteiger partial charge is 0.365 e. The van der Waals surface area contributed by atoms with Crippen LogP contribution in [0.25, 0.3) is 10.9 Å². The van der Waals surface area contributed by atoms with Crippen LogP contribution >= 0.6 is 11.6 Å². The number of anilines is 3. The third-order valence-electron chi connectivity index (χ3n) is 4.35. The number of rotatable bonds is 5. The maximum Gasteiger partial charge on any atom is 0.323 e. The van der Waals surface area contributed by atoms with Crippen LogP contribution in [0, 0.1) is 5.82 Å². The molecule has 0 saturated heterocycles. The fourth-order valence-corrected chi connectivity index (χ4v) is 3.08. The molecule has 0 bridgehead atoms. The highest BCUT2D eigenvalue weighted by Crippen LogP contribution is 2.22. The SMILES string of the molecule is O=C(Nc1ccc(F)cc1)Nc1ccc(CNc2nc(Cl)nc3ccccc23)cc1. The zero-order chi connectivity index (χ0) is 20.9. The van der Waals surface area contributed by atoms with Crippen molar-refractivity contribution in [3.05, 3.63) is 89.5 Å². The molecule has 4 aromatic rings. The first-order valence-corrected chi connectivity index (χ1v) is 9.53. The van der Waals surface area contributed by atoms with Crippen molar-refractivity contribution in [3.63, 3.8) is 0 Å². The third-order valence-corrected chi connectivity index (χ3v) is 4.52. The molecule has 30 heavy (non-hydrogen) atoms. The van der Waals surface area contributed by atoms with Crippen molar-refractivity contribution >= 4 is 45.7 Å². The summed E-state index contributed by atoms with van der Waals surface area (Å²) in [5, 5.41) is 9.73. The summed E-state index contributed by atoms with van der Waals surface area (Å²) in [5.41, 5.74) is 2.91. The van der Waals surface area contributed by atoms with Crippen molar-refractivity contribution in [1.82, 2.24) is 9.97 Å². The van der Waals surface area contributed by atoms with Crippen molar-refractivity contribution < 1.29 is 9.18 Å². The average molecular weight is 422 g/mol. The Bertz CT molecular complexity index is 1180. The monoisotopic (exact) mass is 421 g/mol. The van der Waals surface area contributed by atoms with Gasteiger partial charge >= 0.3 is 6.03 Å². The molecule has 0 fully saturated rings. The molecule has 4 rings (SSSR count). The van der Waals surface area contributed by atoms with E-state index in [2.05, 4.69) is 25.9 Å². The molecule has 0 atom stereocenters. The second-order valence-electron chi connectivity index (χ2n) is 6.49. The summed E-state index contributed by atoms with van der Waals surface area (Å²) in [6, 6.07) is 20.2. The lowest BCUT2D eigenvalue weighted by Crippen LogP contribution is -2.19. The van der Waals surface area contributed by atoms with Crippen LogP contribution in [0.5, 0.6) is 0 Å². The van der Waals surface area contributed by atoms with E-state index in [1.54, 1.807) is 12.1 Å². The molecule has 0 aliphatic heterocycles. The molecule has 0 aliphatic carbocycles. The highest BCUT2D eigenvalue weighted by atomic mass is 35.5. The fraction of sp³-hybridized carbons (Fsp3) is 0.0455. The van der Waals surface area contributed by atoms with Crippen LogP contribution in [0.2, 0.25) is 5.28 Å². The molecule has 3 aromatic carbocycles. The van der Waals surface area contributed by atoms with Crippen LogP contribution in [-0.2, 0) is 6.54 Å². The lowest BCUT2D eigenvalue weighted by molar-refractivity contribution is 0.262. The molecule has 0 aliphatic rings. The van der Waals surface area contributed by atoms with Gasteiger partial charge in [-0.1, -0.05) is 24.3 Å². The summed E-state index contributed by atoms with van der Waals surface area (Å²) >= 11 is 6.01. The van der Waals surface area contributed by atoms with Gasteiger partial charge in [-0.15, -0.1) is 0 Å². The number of carbonyl (C=O) groups is 1. The van der Waals surface area contributed by atoms with Crippen molar-refractivity contribution in [1.29, 1.82) is 0 Å². The number of urea groups is 1. The number of benzene rings is 3. The minimum absolute atomic E-state index is 0.183. The normalized spacial score (nSPS) is 10.6. The van der Waals surface area contributed by atoms with E-state index < -0.39 is 6.03 Å². The van der Waals surface area contributed by atoms with Gasteiger partial charge < -0.3 is 16.0 Å². The predicted molar refractivity (Wildman–Crippen MR) is 117 cm³/mol. The summed E-state index contributed by atoms with van der Waals surface area (Å²) in [6.45, 7) is 0.527. The van der Waals surface area contributed by atoms with Crippen LogP contribution in [0.15, 0.2) is 72.8 Å². The number of carbonyl (C=O) groups excluding carboxylic acids is 1. The van der Waals surface area contributed by atoms with Gasteiger partial charge in [0.05, 0.1) is 5.52 Å². The summed E-state index contributed by atoms with van der Waals surface area (Å²) < 4.78 is 12.9. The third kappa shape index (κ3) is 4.82. The molecule has 2 amide bonds. The topological polar surface area (TPSA) is 78.9 Å². The Morgan fingerprint density at radius 1 is 0.867 bits per heavy atom. The van der Waals surface area contributed by atoms with Crippen molar-refractivity contribution in [2.45, 2.75) is 6.54 Å². The number of amides is 2. The minimum Gasteiger partial charge on any atom is -0.365 e. The first-order chi connectivity index (χ1) is 14.6. The van der Waals surface area contributed by atoms with Gasteiger partial charge in [0.1, 0.15) is 11.6 Å². The molecular formula is C22H17ClFN5O. The Morgan fingerprint density at radius 3 is 2.20 bits per heavy atom. The summed E-state index contributed by atoms with van der Waals surface area (Å²) in [6.07, 6.45) is 0. The van der Waals surface area contributed by atoms with Gasteiger partial charge in [0, 0.05) is 23.3 Å². The van der Waals surface area contributed by atoms with Gasteiger partial charge in [-0.25, -0.2) is 19.2 Å². The lowest BCUT2D eigenvalue weighted by Gasteiger charge is -2.10. The number of nitrogens with one attached hydrogen (secondary N) is 3. The molecule has 1 heterocycles. The Hall–Kier alpha value is -3.71. The first-order valence-electron chi connectivity index (χ1n) is 9.15. The smallest absolute Gasteiger partial charge is 0.323 e. The number of aromatic nitrogens is 2. The molecule has 150 valence electrons. The summed E-state index contributed by atoms with van der Waals surface area (Å²) in [5.74, 6) is 0.300. The number of hydrogen-bond donors (Lipinski definition) is 3. The van der Waals surface area contributed by atoms with Gasteiger partial charge in [0.15, 0.2) is 0 Å². The Balaban J connectivity index is 1.37. The molecule has 6 nitrogen and oxygen atoms in total. The zero-order valence-electron chi connectivity index (χ0n) is 15.7. The van der Waals surface area contributed by atoms with Gasteiger partial charge in [-0.2, -0.15) is 0 Å². The quantitative estimate of drug-likeness (QED) is 0.362. The second kappa shape index (κ2) is 8.75. The number of halogens is 2. The van der Waals surface area contributed by atoms with Crippen LogP contribution < -0.4 is 16.0 Å². The number of nitrogens with zero attached hydrogens (tertiary/aromatic N) is 2. The van der Waals surface area contributed by atoms with Gasteiger partial charge in [0.25, 0.3) is 0 Å². The van der Waals surface area contributed by atoms with E-state index in [0.29, 0.717) is 23.7 Å². The number of hydrogen-bond acceptors (Lipinski definition) is 4. The molecule has 0 saturated carbocycles. The van der Waals surface area contributed by atoms with Crippen LogP contribution in [0.3, 0.4) is 0 Å². The number of fused-ring (bicyclic) bond motifs is 1. The molecule has 8 heteroatoms. The Morgan fingerprint density at radius 2 is 1.50 bits per heavy atom. The van der Waals surface area contributed by atoms with Gasteiger partial charge in [0.2, 0.25) is 5.28 Å². The molecule has 0 spiro atoms. The standard InChI is InChI=1S/C22H17ClFN5O/c23-21-28-19-4-2-1-3-18(19)20(29-21)25-13-14-5-9-16(10-6-14)26-22(30)27-17-11-7-15(24)8-12-17/h1-12H,13H2,(H,25,28,29)(H2,26,27,30). The fourth-order valence-electron chi connectivity index (χ4n) is 2.90. The van der Waals surface area contributed by atoms with E-state index in [1.807, 2.05) is 36.4 Å². The predicted octanol–water partition coefficient (Wildman–Crippen LogP) is 5.68. The van der Waals surface area contributed by atoms with E-state index in [1.165, 1.54) is 24.3 Å². The Labute approximate surface area is 177 Å². The molecule has 1 aromatic heterocycles.